The largest absolute Gasteiger partial charge is 0.490 e. The van der Waals surface area contributed by atoms with Crippen LogP contribution in [0.3, 0.4) is 0 Å². The van der Waals surface area contributed by atoms with Gasteiger partial charge < -0.3 is 25.1 Å². The molecule has 2 heterocycles. The molecule has 0 aromatic heterocycles. The number of halogens is 4. The zero-order valence-electron chi connectivity index (χ0n) is 21.3. The molecule has 3 N–H and O–H groups in total. The van der Waals surface area contributed by atoms with Crippen molar-refractivity contribution >= 4 is 23.6 Å². The quantitative estimate of drug-likeness (QED) is 0.489. The summed E-state index contributed by atoms with van der Waals surface area (Å²) in [5, 5.41) is 17.0. The van der Waals surface area contributed by atoms with Crippen LogP contribution in [0.25, 0.3) is 11.1 Å². The van der Waals surface area contributed by atoms with E-state index in [0.717, 1.165) is 54.5 Å². The zero-order chi connectivity index (χ0) is 28.7. The highest BCUT2D eigenvalue weighted by Crippen LogP contribution is 2.53. The summed E-state index contributed by atoms with van der Waals surface area (Å²) >= 11 is 6.28. The summed E-state index contributed by atoms with van der Waals surface area (Å²) < 4.78 is 50.4. The Morgan fingerprint density at radius 3 is 2.50 bits per heavy atom. The molecule has 6 rings (SSSR count). The van der Waals surface area contributed by atoms with Gasteiger partial charge in [0.2, 0.25) is 0 Å². The number of fused-ring (bicyclic) bond motifs is 4. The van der Waals surface area contributed by atoms with E-state index in [1.165, 1.54) is 6.42 Å². The summed E-state index contributed by atoms with van der Waals surface area (Å²) in [6.07, 6.45) is 1.98. The Labute approximate surface area is 233 Å². The van der Waals surface area contributed by atoms with Crippen LogP contribution in [0.15, 0.2) is 41.4 Å². The van der Waals surface area contributed by atoms with Gasteiger partial charge in [-0.25, -0.2) is 9.79 Å². The molecule has 0 saturated heterocycles. The van der Waals surface area contributed by atoms with Gasteiger partial charge in [-0.15, -0.1) is 0 Å². The molecule has 12 heteroatoms. The lowest BCUT2D eigenvalue weighted by molar-refractivity contribution is -0.192. The molecule has 0 amide bonds. The van der Waals surface area contributed by atoms with Crippen molar-refractivity contribution in [3.05, 3.63) is 52.5 Å². The van der Waals surface area contributed by atoms with Gasteiger partial charge in [0.1, 0.15) is 24.0 Å². The number of rotatable bonds is 3. The van der Waals surface area contributed by atoms with Crippen molar-refractivity contribution < 1.29 is 37.3 Å². The number of hydrogen-bond donors (Lipinski definition) is 2. The van der Waals surface area contributed by atoms with E-state index in [-0.39, 0.29) is 24.1 Å². The predicted molar refractivity (Wildman–Crippen MR) is 139 cm³/mol. The average Bonchev–Trinajstić information content (AvgIpc) is 3.28. The lowest BCUT2D eigenvalue weighted by Gasteiger charge is -2.48. The Morgan fingerprint density at radius 2 is 1.90 bits per heavy atom. The first-order chi connectivity index (χ1) is 19.0. The number of carboxylic acid groups (broad SMARTS) is 1. The number of nitrogens with zero attached hydrogens (tertiary/aromatic N) is 2. The molecule has 0 radical (unpaired) electrons. The van der Waals surface area contributed by atoms with Crippen molar-refractivity contribution in [3.8, 4) is 22.9 Å². The van der Waals surface area contributed by atoms with Gasteiger partial charge in [-0.05, 0) is 80.0 Å². The van der Waals surface area contributed by atoms with Crippen LogP contribution in [0.2, 0.25) is 5.02 Å². The Kier molecular flexibility index (Phi) is 7.59. The Hall–Kier alpha value is -3.49. The normalized spacial score (nSPS) is 27.0. The summed E-state index contributed by atoms with van der Waals surface area (Å²) in [5.74, 6) is -1.82. The maximum absolute atomic E-state index is 10.6. The molecule has 0 unspecified atom stereocenters. The van der Waals surface area contributed by atoms with E-state index in [1.54, 1.807) is 6.07 Å². The maximum Gasteiger partial charge on any atom is 0.490 e. The lowest BCUT2D eigenvalue weighted by atomic mass is 9.67. The third-order valence-corrected chi connectivity index (χ3v) is 8.08. The summed E-state index contributed by atoms with van der Waals surface area (Å²) in [6.45, 7) is 0.398. The van der Waals surface area contributed by atoms with Crippen molar-refractivity contribution in [1.82, 2.24) is 0 Å². The number of benzene rings is 2. The molecule has 40 heavy (non-hydrogen) atoms. The monoisotopic (exact) mass is 577 g/mol. The highest BCUT2D eigenvalue weighted by molar-refractivity contribution is 6.31. The summed E-state index contributed by atoms with van der Waals surface area (Å²) in [7, 11) is 0. The number of hydrogen-bond acceptors (Lipinski definition) is 7. The van der Waals surface area contributed by atoms with Crippen LogP contribution in [-0.4, -0.2) is 48.2 Å². The van der Waals surface area contributed by atoms with E-state index in [9.17, 15) is 18.4 Å². The maximum atomic E-state index is 10.6. The Bertz CT molecular complexity index is 1370. The molecule has 2 aliphatic carbocycles. The fraction of sp³-hybridized carbons (Fsp3) is 0.464. The molecule has 2 saturated carbocycles. The van der Waals surface area contributed by atoms with Gasteiger partial charge in [-0.2, -0.15) is 18.4 Å². The Balaban J connectivity index is 0.000000411. The molecule has 2 aliphatic heterocycles. The third-order valence-electron chi connectivity index (χ3n) is 7.87. The van der Waals surface area contributed by atoms with Crippen LogP contribution in [0.4, 0.5) is 13.2 Å². The van der Waals surface area contributed by atoms with Gasteiger partial charge in [-0.3, -0.25) is 0 Å². The SMILES string of the molecule is N#Cc1cc(Cl)cc(-c2ccc3c(c2)[C@@]2(COC(N)=N2)[C@H]2C[C@@H](OC4CCC4)CC[C@@H]2O3)c1.O=C(O)C(F)(F)F. The molecule has 2 fully saturated rings. The van der Waals surface area contributed by atoms with Crippen molar-refractivity contribution in [2.75, 3.05) is 6.61 Å². The number of alkyl halides is 3. The van der Waals surface area contributed by atoms with Gasteiger partial charge in [0.05, 0.1) is 23.8 Å². The number of amidine groups is 1. The fourth-order valence-electron chi connectivity index (χ4n) is 5.76. The number of ether oxygens (including phenoxy) is 3. The van der Waals surface area contributed by atoms with Crippen LogP contribution < -0.4 is 10.5 Å². The van der Waals surface area contributed by atoms with Crippen molar-refractivity contribution in [2.45, 2.75) is 68.6 Å². The fourth-order valence-corrected chi connectivity index (χ4v) is 5.99. The molecule has 8 nitrogen and oxygen atoms in total. The topological polar surface area (TPSA) is 127 Å². The van der Waals surface area contributed by atoms with Gasteiger partial charge in [0, 0.05) is 16.5 Å². The second-order valence-corrected chi connectivity index (χ2v) is 10.8. The molecule has 2 aromatic carbocycles. The average molecular weight is 578 g/mol. The summed E-state index contributed by atoms with van der Waals surface area (Å²) in [5.41, 5.74) is 8.81. The van der Waals surface area contributed by atoms with Gasteiger partial charge in [0.15, 0.2) is 0 Å². The van der Waals surface area contributed by atoms with E-state index in [4.69, 9.17) is 46.4 Å². The first kappa shape index (κ1) is 28.1. The molecule has 212 valence electrons. The standard InChI is InChI=1S/C26H26ClN3O3.C2HF3O2/c27-18-9-15(13-28)8-17(10-18)16-4-6-23-21(11-16)26(14-31-25(29)30-26)22-12-20(5-7-24(22)33-23)32-19-2-1-3-19;3-2(4,5)1(6)7/h4,6,8-11,19-20,22,24H,1-3,5,7,12,14H2,(H2,29,30);(H,6,7)/t20-,22-,24-,26-;/m0./s1. The lowest BCUT2D eigenvalue weighted by Crippen LogP contribution is -2.52. The van der Waals surface area contributed by atoms with Gasteiger partial charge >= 0.3 is 12.1 Å². The van der Waals surface area contributed by atoms with E-state index < -0.39 is 17.7 Å². The van der Waals surface area contributed by atoms with Crippen molar-refractivity contribution in [1.29, 1.82) is 5.26 Å². The highest BCUT2D eigenvalue weighted by Gasteiger charge is 2.56. The van der Waals surface area contributed by atoms with E-state index in [0.29, 0.717) is 23.3 Å². The predicted octanol–water partition coefficient (Wildman–Crippen LogP) is 5.55. The number of carbonyl (C=O) groups is 1. The number of nitriles is 1. The molecule has 4 atom stereocenters. The van der Waals surface area contributed by atoms with Gasteiger partial charge in [0.25, 0.3) is 6.02 Å². The third kappa shape index (κ3) is 5.56. The summed E-state index contributed by atoms with van der Waals surface area (Å²) in [4.78, 5) is 13.8. The van der Waals surface area contributed by atoms with Crippen LogP contribution in [0.5, 0.6) is 5.75 Å². The van der Waals surface area contributed by atoms with E-state index >= 15 is 0 Å². The number of nitrogens with two attached hydrogens (primary N) is 1. The minimum absolute atomic E-state index is 0.0548. The van der Waals surface area contributed by atoms with Crippen LogP contribution in [-0.2, 0) is 19.8 Å². The second-order valence-electron chi connectivity index (χ2n) is 10.4. The molecule has 2 aromatic rings. The molecule has 0 bridgehead atoms. The van der Waals surface area contributed by atoms with E-state index in [2.05, 4.69) is 12.1 Å². The minimum atomic E-state index is -5.08. The van der Waals surface area contributed by atoms with Crippen molar-refractivity contribution in [3.63, 3.8) is 0 Å². The van der Waals surface area contributed by atoms with Crippen LogP contribution in [0, 0.1) is 17.2 Å². The molecular weight excluding hydrogens is 551 g/mol. The number of aliphatic imine (C=N–C) groups is 1. The minimum Gasteiger partial charge on any atom is -0.490 e. The highest BCUT2D eigenvalue weighted by atomic mass is 35.5. The first-order valence-electron chi connectivity index (χ1n) is 12.9. The molecular formula is C28H27ClF3N3O5. The van der Waals surface area contributed by atoms with Crippen LogP contribution in [0.1, 0.15) is 49.7 Å². The summed E-state index contributed by atoms with van der Waals surface area (Å²) in [6, 6.07) is 13.9. The molecule has 1 spiro atoms. The second kappa shape index (κ2) is 10.8. The smallest absolute Gasteiger partial charge is 0.490 e. The van der Waals surface area contributed by atoms with Crippen molar-refractivity contribution in [2.24, 2.45) is 16.6 Å². The van der Waals surface area contributed by atoms with Crippen LogP contribution >= 0.6 is 11.6 Å². The zero-order valence-corrected chi connectivity index (χ0v) is 22.0. The Morgan fingerprint density at radius 1 is 1.15 bits per heavy atom. The van der Waals surface area contributed by atoms with Gasteiger partial charge in [-0.1, -0.05) is 17.7 Å². The first-order valence-corrected chi connectivity index (χ1v) is 13.3. The van der Waals surface area contributed by atoms with E-state index in [1.807, 2.05) is 24.3 Å². The molecule has 4 aliphatic rings. The number of carboxylic acids is 1. The number of aliphatic carboxylic acids is 1.